The predicted molar refractivity (Wildman–Crippen MR) is 76.4 cm³/mol. The first kappa shape index (κ1) is 15.0. The zero-order valence-corrected chi connectivity index (χ0v) is 11.9. The molecule has 1 aromatic carbocycles. The van der Waals surface area contributed by atoms with Crippen LogP contribution in [0.15, 0.2) is 29.2 Å². The highest BCUT2D eigenvalue weighted by molar-refractivity contribution is 7.89. The molecule has 110 valence electrons. The van der Waals surface area contributed by atoms with Crippen molar-refractivity contribution in [3.8, 4) is 0 Å². The Morgan fingerprint density at radius 2 is 1.95 bits per heavy atom. The van der Waals surface area contributed by atoms with Gasteiger partial charge in [0.2, 0.25) is 15.9 Å². The molecule has 0 spiro atoms. The van der Waals surface area contributed by atoms with Crippen LogP contribution < -0.4 is 16.2 Å². The summed E-state index contributed by atoms with van der Waals surface area (Å²) in [5, 5.41) is 7.82. The van der Waals surface area contributed by atoms with Crippen LogP contribution in [0.1, 0.15) is 25.7 Å². The molecule has 1 aliphatic carbocycles. The van der Waals surface area contributed by atoms with Crippen LogP contribution in [0.25, 0.3) is 0 Å². The maximum Gasteiger partial charge on any atom is 0.238 e. The number of sulfonamides is 1. The van der Waals surface area contributed by atoms with Gasteiger partial charge in [-0.2, -0.15) is 0 Å². The first-order valence-corrected chi connectivity index (χ1v) is 8.06. The van der Waals surface area contributed by atoms with Crippen molar-refractivity contribution >= 4 is 21.6 Å². The zero-order valence-electron chi connectivity index (χ0n) is 11.1. The van der Waals surface area contributed by atoms with Crippen molar-refractivity contribution in [1.29, 1.82) is 0 Å². The summed E-state index contributed by atoms with van der Waals surface area (Å²) in [5.74, 6) is -0.149. The van der Waals surface area contributed by atoms with E-state index in [0.717, 1.165) is 25.7 Å². The lowest BCUT2D eigenvalue weighted by Gasteiger charge is -2.25. The topological polar surface area (TPSA) is 115 Å². The first-order valence-electron chi connectivity index (χ1n) is 6.52. The van der Waals surface area contributed by atoms with Gasteiger partial charge < -0.3 is 11.1 Å². The normalized spacial score (nSPS) is 17.9. The van der Waals surface area contributed by atoms with Crippen LogP contribution in [0, 0.1) is 5.41 Å². The van der Waals surface area contributed by atoms with E-state index in [1.807, 2.05) is 0 Å². The quantitative estimate of drug-likeness (QED) is 0.762. The maximum atomic E-state index is 12.4. The second-order valence-corrected chi connectivity index (χ2v) is 6.78. The molecule has 1 saturated carbocycles. The van der Waals surface area contributed by atoms with Gasteiger partial charge in [-0.25, -0.2) is 13.6 Å². The van der Waals surface area contributed by atoms with Crippen LogP contribution in [0.3, 0.4) is 0 Å². The van der Waals surface area contributed by atoms with Crippen LogP contribution in [0.5, 0.6) is 0 Å². The third kappa shape index (κ3) is 3.00. The number of primary sulfonamides is 1. The fourth-order valence-electron chi connectivity index (χ4n) is 2.59. The van der Waals surface area contributed by atoms with Gasteiger partial charge in [-0.05, 0) is 31.0 Å². The Balaban J connectivity index is 2.20. The Morgan fingerprint density at radius 3 is 2.50 bits per heavy atom. The minimum atomic E-state index is -3.78. The van der Waals surface area contributed by atoms with Crippen LogP contribution in [0.4, 0.5) is 5.69 Å². The van der Waals surface area contributed by atoms with Crippen molar-refractivity contribution in [3.63, 3.8) is 0 Å². The van der Waals surface area contributed by atoms with Gasteiger partial charge in [0.05, 0.1) is 10.3 Å². The zero-order chi connectivity index (χ0) is 14.8. The number of anilines is 1. The van der Waals surface area contributed by atoms with E-state index in [4.69, 9.17) is 10.9 Å². The number of carbonyl (C=O) groups excluding carboxylic acids is 1. The second kappa shape index (κ2) is 5.51. The molecule has 2 rings (SSSR count). The predicted octanol–water partition coefficient (Wildman–Crippen LogP) is 0.792. The number of carbonyl (C=O) groups is 1. The molecule has 0 aliphatic heterocycles. The van der Waals surface area contributed by atoms with Crippen molar-refractivity contribution < 1.29 is 13.2 Å². The Kier molecular flexibility index (Phi) is 4.12. The lowest BCUT2D eigenvalue weighted by atomic mass is 9.85. The van der Waals surface area contributed by atoms with Gasteiger partial charge in [-0.15, -0.1) is 0 Å². The minimum absolute atomic E-state index is 0.0245. The van der Waals surface area contributed by atoms with E-state index in [2.05, 4.69) is 5.32 Å². The van der Waals surface area contributed by atoms with E-state index in [-0.39, 0.29) is 10.8 Å². The third-order valence-electron chi connectivity index (χ3n) is 3.85. The van der Waals surface area contributed by atoms with E-state index in [9.17, 15) is 13.2 Å². The van der Waals surface area contributed by atoms with Crippen molar-refractivity contribution in [2.75, 3.05) is 11.9 Å². The summed E-state index contributed by atoms with van der Waals surface area (Å²) in [5.41, 5.74) is 5.63. The van der Waals surface area contributed by atoms with Gasteiger partial charge in [-0.3, -0.25) is 4.79 Å². The molecule has 0 atom stereocenters. The summed E-state index contributed by atoms with van der Waals surface area (Å²) >= 11 is 0. The first-order chi connectivity index (χ1) is 9.37. The molecule has 5 N–H and O–H groups in total. The van der Waals surface area contributed by atoms with E-state index in [1.165, 1.54) is 12.1 Å². The summed E-state index contributed by atoms with van der Waals surface area (Å²) in [6.07, 6.45) is 3.51. The molecule has 0 aromatic heterocycles. The molecule has 6 nitrogen and oxygen atoms in total. The molecule has 1 fully saturated rings. The molecule has 1 aliphatic rings. The summed E-state index contributed by atoms with van der Waals surface area (Å²) < 4.78 is 22.6. The molecule has 20 heavy (non-hydrogen) atoms. The third-order valence-corrected chi connectivity index (χ3v) is 4.76. The SMILES string of the molecule is NCC1(C(=O)Nc2cccc(S(N)(=O)=O)c2)CCCC1. The number of nitrogens with one attached hydrogen (secondary N) is 1. The number of benzene rings is 1. The fraction of sp³-hybridized carbons (Fsp3) is 0.462. The number of hydrogen-bond donors (Lipinski definition) is 3. The molecular weight excluding hydrogens is 278 g/mol. The Morgan fingerprint density at radius 1 is 1.30 bits per heavy atom. The summed E-state index contributed by atoms with van der Waals surface area (Å²) in [6, 6.07) is 5.91. The highest BCUT2D eigenvalue weighted by Gasteiger charge is 2.39. The van der Waals surface area contributed by atoms with Gasteiger partial charge in [0.25, 0.3) is 0 Å². The minimum Gasteiger partial charge on any atom is -0.329 e. The molecule has 1 amide bonds. The summed E-state index contributed by atoms with van der Waals surface area (Å²) in [7, 11) is -3.78. The average molecular weight is 297 g/mol. The summed E-state index contributed by atoms with van der Waals surface area (Å²) in [4.78, 5) is 12.3. The molecule has 0 bridgehead atoms. The van der Waals surface area contributed by atoms with E-state index >= 15 is 0 Å². The maximum absolute atomic E-state index is 12.4. The lowest BCUT2D eigenvalue weighted by molar-refractivity contribution is -0.124. The fourth-order valence-corrected chi connectivity index (χ4v) is 3.15. The number of amides is 1. The Labute approximate surface area is 118 Å². The van der Waals surface area contributed by atoms with Crippen LogP contribution in [0.2, 0.25) is 0 Å². The van der Waals surface area contributed by atoms with E-state index in [1.54, 1.807) is 12.1 Å². The lowest BCUT2D eigenvalue weighted by Crippen LogP contribution is -2.40. The van der Waals surface area contributed by atoms with Crippen molar-refractivity contribution in [3.05, 3.63) is 24.3 Å². The number of nitrogens with two attached hydrogens (primary N) is 2. The summed E-state index contributed by atoms with van der Waals surface area (Å²) in [6.45, 7) is 0.299. The monoisotopic (exact) mass is 297 g/mol. The Hall–Kier alpha value is -1.44. The van der Waals surface area contributed by atoms with E-state index < -0.39 is 15.4 Å². The average Bonchev–Trinajstić information content (AvgIpc) is 2.88. The van der Waals surface area contributed by atoms with Crippen molar-refractivity contribution in [2.45, 2.75) is 30.6 Å². The molecule has 0 heterocycles. The van der Waals surface area contributed by atoms with Crippen molar-refractivity contribution in [1.82, 2.24) is 0 Å². The Bertz CT molecular complexity index is 607. The van der Waals surface area contributed by atoms with Crippen LogP contribution >= 0.6 is 0 Å². The van der Waals surface area contributed by atoms with Gasteiger partial charge >= 0.3 is 0 Å². The van der Waals surface area contributed by atoms with Gasteiger partial charge in [0.15, 0.2) is 0 Å². The number of rotatable bonds is 4. The molecule has 7 heteroatoms. The van der Waals surface area contributed by atoms with Gasteiger partial charge in [-0.1, -0.05) is 18.9 Å². The van der Waals surface area contributed by atoms with Crippen LogP contribution in [-0.2, 0) is 14.8 Å². The van der Waals surface area contributed by atoms with Crippen LogP contribution in [-0.4, -0.2) is 20.9 Å². The molecule has 0 unspecified atom stereocenters. The highest BCUT2D eigenvalue weighted by atomic mass is 32.2. The molecule has 0 saturated heterocycles. The largest absolute Gasteiger partial charge is 0.329 e. The number of hydrogen-bond acceptors (Lipinski definition) is 4. The molecule has 0 radical (unpaired) electrons. The standard InChI is InChI=1S/C13H19N3O3S/c14-9-13(6-1-2-7-13)12(17)16-10-4-3-5-11(8-10)20(15,18)19/h3-5,8H,1-2,6-7,9,14H2,(H,16,17)(H2,15,18,19). The molecule has 1 aromatic rings. The molecular formula is C13H19N3O3S. The van der Waals surface area contributed by atoms with E-state index in [0.29, 0.717) is 12.2 Å². The van der Waals surface area contributed by atoms with Gasteiger partial charge in [0, 0.05) is 12.2 Å². The van der Waals surface area contributed by atoms with Gasteiger partial charge in [0.1, 0.15) is 0 Å². The van der Waals surface area contributed by atoms with Crippen molar-refractivity contribution in [2.24, 2.45) is 16.3 Å². The highest BCUT2D eigenvalue weighted by Crippen LogP contribution is 2.38. The second-order valence-electron chi connectivity index (χ2n) is 5.22. The smallest absolute Gasteiger partial charge is 0.238 e.